The number of hydrogen-bond donors (Lipinski definition) is 1. The van der Waals surface area contributed by atoms with Crippen LogP contribution in [0.1, 0.15) is 43.2 Å². The van der Waals surface area contributed by atoms with Crippen molar-refractivity contribution in [1.82, 2.24) is 5.32 Å². The molecule has 1 aromatic rings. The molecule has 2 nitrogen and oxygen atoms in total. The van der Waals surface area contributed by atoms with Crippen molar-refractivity contribution in [3.63, 3.8) is 0 Å². The Balaban J connectivity index is 1.58. The van der Waals surface area contributed by atoms with Gasteiger partial charge in [-0.25, -0.2) is 0 Å². The van der Waals surface area contributed by atoms with Gasteiger partial charge in [-0.15, -0.1) is 0 Å². The minimum Gasteiger partial charge on any atom is -0.381 e. The molecule has 3 rings (SSSR count). The molecule has 1 heterocycles. The Hall–Kier alpha value is -0.860. The van der Waals surface area contributed by atoms with Crippen molar-refractivity contribution in [2.75, 3.05) is 19.8 Å². The summed E-state index contributed by atoms with van der Waals surface area (Å²) in [4.78, 5) is 0. The lowest BCUT2D eigenvalue weighted by molar-refractivity contribution is 0.178. The molecule has 0 bridgehead atoms. The monoisotopic (exact) mass is 259 g/mol. The van der Waals surface area contributed by atoms with Gasteiger partial charge < -0.3 is 10.1 Å². The van der Waals surface area contributed by atoms with E-state index in [4.69, 9.17) is 4.74 Å². The second kappa shape index (κ2) is 6.06. The Kier molecular flexibility index (Phi) is 4.19. The van der Waals surface area contributed by atoms with Gasteiger partial charge in [-0.05, 0) is 55.6 Å². The van der Waals surface area contributed by atoms with Gasteiger partial charge in [-0.1, -0.05) is 24.3 Å². The van der Waals surface area contributed by atoms with Crippen LogP contribution in [0.15, 0.2) is 24.3 Å². The molecule has 1 saturated heterocycles. The Labute approximate surface area is 116 Å². The maximum Gasteiger partial charge on any atom is 0.0509 e. The van der Waals surface area contributed by atoms with E-state index in [-0.39, 0.29) is 0 Å². The molecule has 3 atom stereocenters. The molecule has 1 N–H and O–H groups in total. The number of rotatable bonds is 4. The van der Waals surface area contributed by atoms with Gasteiger partial charge in [0.05, 0.1) is 6.61 Å². The first-order valence-corrected chi connectivity index (χ1v) is 7.73. The standard InChI is InChI=1S/C17H25NO/c1-13(16-9-10-19-12-16)18-11-15-7-4-6-14-5-2-3-8-17(14)15/h2-3,5,8,13,15-16,18H,4,6-7,9-12H2,1H3. The van der Waals surface area contributed by atoms with Crippen LogP contribution in [0.4, 0.5) is 0 Å². The molecular weight excluding hydrogens is 234 g/mol. The number of aryl methyl sites for hydroxylation is 1. The molecule has 0 amide bonds. The van der Waals surface area contributed by atoms with E-state index in [1.165, 1.54) is 25.7 Å². The maximum absolute atomic E-state index is 5.49. The number of ether oxygens (including phenoxy) is 1. The summed E-state index contributed by atoms with van der Waals surface area (Å²) in [6.07, 6.45) is 5.15. The van der Waals surface area contributed by atoms with Crippen LogP contribution in [0, 0.1) is 5.92 Å². The van der Waals surface area contributed by atoms with Crippen molar-refractivity contribution < 1.29 is 4.74 Å². The fraction of sp³-hybridized carbons (Fsp3) is 0.647. The minimum atomic E-state index is 0.580. The molecule has 0 spiro atoms. The molecule has 0 aromatic heterocycles. The fourth-order valence-electron chi connectivity index (χ4n) is 3.51. The van der Waals surface area contributed by atoms with Crippen LogP contribution >= 0.6 is 0 Å². The van der Waals surface area contributed by atoms with E-state index < -0.39 is 0 Å². The highest BCUT2D eigenvalue weighted by atomic mass is 16.5. The van der Waals surface area contributed by atoms with Crippen LogP contribution < -0.4 is 5.32 Å². The van der Waals surface area contributed by atoms with Gasteiger partial charge >= 0.3 is 0 Å². The zero-order valence-electron chi connectivity index (χ0n) is 11.9. The van der Waals surface area contributed by atoms with E-state index in [1.54, 1.807) is 11.1 Å². The van der Waals surface area contributed by atoms with Gasteiger partial charge in [0.25, 0.3) is 0 Å². The highest BCUT2D eigenvalue weighted by Gasteiger charge is 2.24. The Bertz CT molecular complexity index is 411. The largest absolute Gasteiger partial charge is 0.381 e. The topological polar surface area (TPSA) is 21.3 Å². The van der Waals surface area contributed by atoms with E-state index in [0.717, 1.165) is 19.8 Å². The predicted octanol–water partition coefficient (Wildman–Crippen LogP) is 3.12. The fourth-order valence-corrected chi connectivity index (χ4v) is 3.51. The maximum atomic E-state index is 5.49. The lowest BCUT2D eigenvalue weighted by Gasteiger charge is -2.28. The van der Waals surface area contributed by atoms with E-state index in [1.807, 2.05) is 0 Å². The average molecular weight is 259 g/mol. The van der Waals surface area contributed by atoms with Crippen molar-refractivity contribution in [3.8, 4) is 0 Å². The summed E-state index contributed by atoms with van der Waals surface area (Å²) in [5.41, 5.74) is 3.15. The first-order chi connectivity index (χ1) is 9.34. The normalized spacial score (nSPS) is 28.1. The van der Waals surface area contributed by atoms with Crippen LogP contribution in [0.25, 0.3) is 0 Å². The molecule has 0 saturated carbocycles. The van der Waals surface area contributed by atoms with Crippen molar-refractivity contribution in [3.05, 3.63) is 35.4 Å². The van der Waals surface area contributed by atoms with Crippen LogP contribution in [0.5, 0.6) is 0 Å². The van der Waals surface area contributed by atoms with Gasteiger partial charge in [-0.3, -0.25) is 0 Å². The van der Waals surface area contributed by atoms with E-state index in [9.17, 15) is 0 Å². The van der Waals surface area contributed by atoms with Crippen LogP contribution in [0.2, 0.25) is 0 Å². The van der Waals surface area contributed by atoms with E-state index in [2.05, 4.69) is 36.5 Å². The molecule has 1 aliphatic carbocycles. The average Bonchev–Trinajstić information content (AvgIpc) is 2.99. The second-order valence-electron chi connectivity index (χ2n) is 6.11. The minimum absolute atomic E-state index is 0.580. The Morgan fingerprint density at radius 3 is 3.05 bits per heavy atom. The summed E-state index contributed by atoms with van der Waals surface area (Å²) in [7, 11) is 0. The summed E-state index contributed by atoms with van der Waals surface area (Å²) >= 11 is 0. The molecule has 3 unspecified atom stereocenters. The van der Waals surface area contributed by atoms with Gasteiger partial charge in [0.1, 0.15) is 0 Å². The summed E-state index contributed by atoms with van der Waals surface area (Å²) in [6.45, 7) is 5.32. The van der Waals surface area contributed by atoms with E-state index >= 15 is 0 Å². The Morgan fingerprint density at radius 2 is 2.21 bits per heavy atom. The predicted molar refractivity (Wildman–Crippen MR) is 78.5 cm³/mol. The molecule has 2 aliphatic rings. The second-order valence-corrected chi connectivity index (χ2v) is 6.11. The van der Waals surface area contributed by atoms with Crippen molar-refractivity contribution in [2.45, 2.75) is 44.6 Å². The van der Waals surface area contributed by atoms with Crippen LogP contribution in [-0.4, -0.2) is 25.8 Å². The third-order valence-corrected chi connectivity index (χ3v) is 4.85. The number of hydrogen-bond acceptors (Lipinski definition) is 2. The highest BCUT2D eigenvalue weighted by molar-refractivity contribution is 5.32. The smallest absolute Gasteiger partial charge is 0.0509 e. The number of benzene rings is 1. The molecule has 1 fully saturated rings. The number of fused-ring (bicyclic) bond motifs is 1. The zero-order chi connectivity index (χ0) is 13.1. The summed E-state index contributed by atoms with van der Waals surface area (Å²) in [5, 5.41) is 3.76. The lowest BCUT2D eigenvalue weighted by Crippen LogP contribution is -2.37. The van der Waals surface area contributed by atoms with Crippen molar-refractivity contribution >= 4 is 0 Å². The quantitative estimate of drug-likeness (QED) is 0.897. The molecular formula is C17H25NO. The third kappa shape index (κ3) is 3.01. The molecule has 0 radical (unpaired) electrons. The zero-order valence-corrected chi connectivity index (χ0v) is 11.9. The van der Waals surface area contributed by atoms with Gasteiger partial charge in [0.15, 0.2) is 0 Å². The molecule has 2 heteroatoms. The first kappa shape index (κ1) is 13.1. The molecule has 1 aromatic carbocycles. The molecule has 104 valence electrons. The molecule has 1 aliphatic heterocycles. The molecule has 19 heavy (non-hydrogen) atoms. The van der Waals surface area contributed by atoms with Gasteiger partial charge in [0.2, 0.25) is 0 Å². The summed E-state index contributed by atoms with van der Waals surface area (Å²) in [5.74, 6) is 1.41. The lowest BCUT2D eigenvalue weighted by atomic mass is 9.82. The van der Waals surface area contributed by atoms with E-state index in [0.29, 0.717) is 17.9 Å². The summed E-state index contributed by atoms with van der Waals surface area (Å²) < 4.78 is 5.49. The highest BCUT2D eigenvalue weighted by Crippen LogP contribution is 2.31. The van der Waals surface area contributed by atoms with Gasteiger partial charge in [0, 0.05) is 19.2 Å². The number of nitrogens with one attached hydrogen (secondary N) is 1. The van der Waals surface area contributed by atoms with Crippen molar-refractivity contribution in [2.24, 2.45) is 5.92 Å². The van der Waals surface area contributed by atoms with Crippen molar-refractivity contribution in [1.29, 1.82) is 0 Å². The third-order valence-electron chi connectivity index (χ3n) is 4.85. The SMILES string of the molecule is CC(NCC1CCCc2ccccc21)C1CCOC1. The van der Waals surface area contributed by atoms with Crippen LogP contribution in [-0.2, 0) is 11.2 Å². The first-order valence-electron chi connectivity index (χ1n) is 7.73. The summed E-state index contributed by atoms with van der Waals surface area (Å²) in [6, 6.07) is 9.56. The van der Waals surface area contributed by atoms with Gasteiger partial charge in [-0.2, -0.15) is 0 Å². The Morgan fingerprint density at radius 1 is 1.32 bits per heavy atom. The van der Waals surface area contributed by atoms with Crippen LogP contribution in [0.3, 0.4) is 0 Å².